The van der Waals surface area contributed by atoms with Crippen molar-refractivity contribution in [1.82, 2.24) is 0 Å². The molecule has 218 valence electrons. The van der Waals surface area contributed by atoms with E-state index in [9.17, 15) is 45.3 Å². The molecule has 0 amide bonds. The van der Waals surface area contributed by atoms with Crippen molar-refractivity contribution in [2.45, 2.75) is 61.7 Å². The Balaban J connectivity index is 1.81. The van der Waals surface area contributed by atoms with E-state index in [1.165, 1.54) is 31.4 Å². The van der Waals surface area contributed by atoms with Gasteiger partial charge in [0.15, 0.2) is 23.9 Å². The molecule has 9 atom stereocenters. The molecule has 2 aliphatic rings. The molecule has 0 aromatic heterocycles. The topological polar surface area (TPSA) is 231 Å². The molecule has 2 aliphatic heterocycles. The van der Waals surface area contributed by atoms with E-state index in [1.54, 1.807) is 0 Å². The molecule has 2 heterocycles. The van der Waals surface area contributed by atoms with E-state index < -0.39 is 86.6 Å². The van der Waals surface area contributed by atoms with Crippen molar-refractivity contribution >= 4 is 18.0 Å². The molecule has 15 heteroatoms. The van der Waals surface area contributed by atoms with E-state index >= 15 is 0 Å². The normalized spacial score (nSPS) is 34.7. The van der Waals surface area contributed by atoms with Crippen molar-refractivity contribution in [2.24, 2.45) is 0 Å². The molecule has 0 bridgehead atoms. The van der Waals surface area contributed by atoms with Crippen molar-refractivity contribution in [1.29, 1.82) is 0 Å². The van der Waals surface area contributed by atoms with Crippen LogP contribution < -0.4 is 4.74 Å². The molecule has 0 saturated carbocycles. The predicted octanol–water partition coefficient (Wildman–Crippen LogP) is -2.85. The Bertz CT molecular complexity index is 1030. The van der Waals surface area contributed by atoms with Crippen LogP contribution in [0.1, 0.15) is 12.5 Å². The Morgan fingerprint density at radius 2 is 1.77 bits per heavy atom. The number of aliphatic hydroxyl groups excluding tert-OH is 6. The van der Waals surface area contributed by atoms with Crippen LogP contribution in [0, 0.1) is 0 Å². The first-order valence-electron chi connectivity index (χ1n) is 11.8. The number of carbonyl (C=O) groups is 2. The number of hydrogen-bond acceptors (Lipinski definition) is 15. The summed E-state index contributed by atoms with van der Waals surface area (Å²) in [4.78, 5) is 23.8. The summed E-state index contributed by atoms with van der Waals surface area (Å²) >= 11 is 0. The zero-order chi connectivity index (χ0) is 28.9. The smallest absolute Gasteiger partial charge is 0.331 e. The Kier molecular flexibility index (Phi) is 10.2. The Labute approximate surface area is 222 Å². The molecule has 39 heavy (non-hydrogen) atoms. The van der Waals surface area contributed by atoms with Gasteiger partial charge < -0.3 is 64.2 Å². The number of hydrogen-bond donors (Lipinski definition) is 7. The third-order valence-corrected chi connectivity index (χ3v) is 6.17. The molecule has 0 unspecified atom stereocenters. The second-order valence-electron chi connectivity index (χ2n) is 8.86. The van der Waals surface area contributed by atoms with Gasteiger partial charge in [-0.2, -0.15) is 0 Å². The lowest BCUT2D eigenvalue weighted by Gasteiger charge is -2.43. The van der Waals surface area contributed by atoms with Crippen molar-refractivity contribution in [3.63, 3.8) is 0 Å². The molecule has 1 aromatic carbocycles. The number of rotatable bonds is 10. The van der Waals surface area contributed by atoms with Crippen LogP contribution in [0.25, 0.3) is 6.08 Å². The zero-order valence-corrected chi connectivity index (χ0v) is 21.0. The number of carbonyl (C=O) groups excluding carboxylic acids is 2. The lowest BCUT2D eigenvalue weighted by molar-refractivity contribution is -0.383. The summed E-state index contributed by atoms with van der Waals surface area (Å²) in [6.07, 6.45) is -11.3. The first-order chi connectivity index (χ1) is 18.5. The van der Waals surface area contributed by atoms with Gasteiger partial charge in [0, 0.05) is 13.0 Å². The SMILES string of the molecule is COc1cc(/C=C/C(=O)O[C@H]2[C@H](O)[C@@H](CO)O[C@@]2(CO)O[C@H]2O[C@H](COC(C)=O)[C@@H](O)[C@H](O)[C@H]2O)ccc1O. The van der Waals surface area contributed by atoms with Crippen LogP contribution in [-0.2, 0) is 33.3 Å². The maximum Gasteiger partial charge on any atom is 0.331 e. The minimum atomic E-state index is -2.41. The number of phenolic OH excluding ortho intramolecular Hbond substituents is 1. The molecule has 0 aliphatic carbocycles. The van der Waals surface area contributed by atoms with Gasteiger partial charge >= 0.3 is 11.9 Å². The fraction of sp³-hybridized carbons (Fsp3) is 0.583. The first-order valence-corrected chi connectivity index (χ1v) is 11.8. The summed E-state index contributed by atoms with van der Waals surface area (Å²) in [6.45, 7) is -1.30. The molecular weight excluding hydrogens is 528 g/mol. The fourth-order valence-electron chi connectivity index (χ4n) is 4.09. The number of ether oxygens (including phenoxy) is 6. The Morgan fingerprint density at radius 3 is 2.38 bits per heavy atom. The highest BCUT2D eigenvalue weighted by Gasteiger charge is 2.60. The van der Waals surface area contributed by atoms with E-state index in [2.05, 4.69) is 0 Å². The van der Waals surface area contributed by atoms with Crippen LogP contribution in [0.2, 0.25) is 0 Å². The summed E-state index contributed by atoms with van der Waals surface area (Å²) in [5.41, 5.74) is 0.438. The number of aromatic hydroxyl groups is 1. The fourth-order valence-corrected chi connectivity index (χ4v) is 4.09. The standard InChI is InChI=1S/C24H32O15/c1-11(27)35-9-16-18(30)20(32)21(33)23(36-16)39-24(10-26)22(19(31)15(8-25)38-24)37-17(29)6-4-12-3-5-13(28)14(7-12)34-2/h3-7,15-16,18-23,25-26,28,30-33H,8-10H2,1-2H3/b6-4+/t15-,16-,18-,19-,20+,21-,22+,23-,24+/m1/s1. The summed E-state index contributed by atoms with van der Waals surface area (Å²) in [5, 5.41) is 71.1. The molecule has 3 rings (SSSR count). The molecule has 0 spiro atoms. The molecule has 7 N–H and O–H groups in total. The monoisotopic (exact) mass is 560 g/mol. The summed E-state index contributed by atoms with van der Waals surface area (Å²) in [5.74, 6) is -4.13. The summed E-state index contributed by atoms with van der Waals surface area (Å²) in [7, 11) is 1.34. The van der Waals surface area contributed by atoms with Gasteiger partial charge in [0.1, 0.15) is 49.8 Å². The van der Waals surface area contributed by atoms with E-state index in [-0.39, 0.29) is 11.5 Å². The molecule has 0 radical (unpaired) electrons. The lowest BCUT2D eigenvalue weighted by atomic mass is 9.99. The van der Waals surface area contributed by atoms with E-state index in [0.29, 0.717) is 5.56 Å². The lowest BCUT2D eigenvalue weighted by Crippen LogP contribution is -2.63. The van der Waals surface area contributed by atoms with Gasteiger partial charge in [0.05, 0.1) is 13.7 Å². The average molecular weight is 561 g/mol. The molecule has 1 aromatic rings. The van der Waals surface area contributed by atoms with E-state index in [0.717, 1.165) is 13.0 Å². The van der Waals surface area contributed by atoms with Crippen molar-refractivity contribution in [3.05, 3.63) is 29.8 Å². The molecule has 2 fully saturated rings. The van der Waals surface area contributed by atoms with Crippen LogP contribution in [0.15, 0.2) is 24.3 Å². The zero-order valence-electron chi connectivity index (χ0n) is 21.0. The predicted molar refractivity (Wildman–Crippen MR) is 126 cm³/mol. The van der Waals surface area contributed by atoms with Crippen molar-refractivity contribution < 1.29 is 73.8 Å². The van der Waals surface area contributed by atoms with Crippen molar-refractivity contribution in [2.75, 3.05) is 26.9 Å². The molecule has 15 nitrogen and oxygen atoms in total. The number of methoxy groups -OCH3 is 1. The highest BCUT2D eigenvalue weighted by Crippen LogP contribution is 2.38. The number of phenols is 1. The van der Waals surface area contributed by atoms with Gasteiger partial charge in [-0.05, 0) is 23.8 Å². The van der Waals surface area contributed by atoms with Gasteiger partial charge in [-0.25, -0.2) is 4.79 Å². The Morgan fingerprint density at radius 1 is 1.05 bits per heavy atom. The van der Waals surface area contributed by atoms with Crippen LogP contribution >= 0.6 is 0 Å². The van der Waals surface area contributed by atoms with Gasteiger partial charge in [-0.15, -0.1) is 0 Å². The number of benzene rings is 1. The number of aliphatic hydroxyl groups is 6. The third-order valence-electron chi connectivity index (χ3n) is 6.17. The van der Waals surface area contributed by atoms with Gasteiger partial charge in [0.25, 0.3) is 0 Å². The summed E-state index contributed by atoms with van der Waals surface area (Å²) < 4.78 is 31.6. The number of esters is 2. The minimum absolute atomic E-state index is 0.122. The first kappa shape index (κ1) is 30.7. The molecular formula is C24H32O15. The van der Waals surface area contributed by atoms with E-state index in [4.69, 9.17) is 28.4 Å². The van der Waals surface area contributed by atoms with Crippen LogP contribution in [0.3, 0.4) is 0 Å². The molecule has 2 saturated heterocycles. The second-order valence-corrected chi connectivity index (χ2v) is 8.86. The van der Waals surface area contributed by atoms with Crippen LogP contribution in [0.4, 0.5) is 0 Å². The Hall–Kier alpha value is -2.86. The van der Waals surface area contributed by atoms with Gasteiger partial charge in [0.2, 0.25) is 5.79 Å². The maximum absolute atomic E-state index is 12.6. The average Bonchev–Trinajstić information content (AvgIpc) is 3.18. The van der Waals surface area contributed by atoms with E-state index in [1.807, 2.05) is 0 Å². The quantitative estimate of drug-likeness (QED) is 0.113. The highest BCUT2D eigenvalue weighted by molar-refractivity contribution is 5.87. The minimum Gasteiger partial charge on any atom is -0.504 e. The summed E-state index contributed by atoms with van der Waals surface area (Å²) in [6, 6.07) is 4.25. The largest absolute Gasteiger partial charge is 0.504 e. The van der Waals surface area contributed by atoms with Gasteiger partial charge in [-0.1, -0.05) is 6.07 Å². The van der Waals surface area contributed by atoms with Crippen molar-refractivity contribution in [3.8, 4) is 11.5 Å². The van der Waals surface area contributed by atoms with Crippen LogP contribution in [0.5, 0.6) is 11.5 Å². The maximum atomic E-state index is 12.6. The third kappa shape index (κ3) is 6.84. The second kappa shape index (κ2) is 13.0. The highest BCUT2D eigenvalue weighted by atomic mass is 16.8. The van der Waals surface area contributed by atoms with Crippen LogP contribution in [-0.4, -0.2) is 129 Å². The van der Waals surface area contributed by atoms with Gasteiger partial charge in [-0.3, -0.25) is 4.79 Å².